The van der Waals surface area contributed by atoms with Crippen LogP contribution in [0.1, 0.15) is 45.7 Å². The summed E-state index contributed by atoms with van der Waals surface area (Å²) in [7, 11) is 0. The van der Waals surface area contributed by atoms with E-state index in [0.717, 1.165) is 6.07 Å². The number of carbonyl (C=O) groups is 2. The predicted molar refractivity (Wildman–Crippen MR) is 123 cm³/mol. The van der Waals surface area contributed by atoms with E-state index < -0.39 is 40.9 Å². The third kappa shape index (κ3) is 5.48. The summed E-state index contributed by atoms with van der Waals surface area (Å²) in [5.41, 5.74) is 3.85. The van der Waals surface area contributed by atoms with Crippen LogP contribution in [0.15, 0.2) is 36.4 Å². The number of fused-ring (bicyclic) bond motifs is 1. The Kier molecular flexibility index (Phi) is 6.74. The molecule has 0 aliphatic carbocycles. The van der Waals surface area contributed by atoms with Gasteiger partial charge >= 0.3 is 6.18 Å². The van der Waals surface area contributed by atoms with E-state index in [9.17, 15) is 31.5 Å². The molecule has 0 atom stereocenters. The Balaban J connectivity index is 1.81. The molecule has 1 aromatic heterocycles. The minimum Gasteiger partial charge on any atom is -0.366 e. The fourth-order valence-electron chi connectivity index (χ4n) is 3.87. The van der Waals surface area contributed by atoms with Gasteiger partial charge in [0.2, 0.25) is 11.8 Å². The van der Waals surface area contributed by atoms with E-state index in [1.165, 1.54) is 29.2 Å². The van der Waals surface area contributed by atoms with Crippen molar-refractivity contribution in [2.24, 2.45) is 5.73 Å². The van der Waals surface area contributed by atoms with Crippen molar-refractivity contribution in [1.29, 1.82) is 0 Å². The number of halogens is 6. The number of carbonyl (C=O) groups excluding carboxylic acids is 2. The van der Waals surface area contributed by atoms with Gasteiger partial charge in [0.05, 0.1) is 21.6 Å². The average Bonchev–Trinajstić information content (AvgIpc) is 2.97. The molecule has 3 N–H and O–H groups in total. The molecule has 0 bridgehead atoms. The van der Waals surface area contributed by atoms with Crippen LogP contribution in [0.25, 0.3) is 11.0 Å². The molecule has 2 heterocycles. The van der Waals surface area contributed by atoms with Crippen molar-refractivity contribution in [1.82, 2.24) is 9.97 Å². The number of anilines is 2. The number of hydrogen-bond acceptors (Lipinski definition) is 5. The van der Waals surface area contributed by atoms with Crippen LogP contribution >= 0.6 is 11.6 Å². The van der Waals surface area contributed by atoms with Crippen molar-refractivity contribution >= 4 is 46.0 Å². The lowest BCUT2D eigenvalue weighted by atomic mass is 10.1. The van der Waals surface area contributed by atoms with E-state index in [1.54, 1.807) is 0 Å². The second kappa shape index (κ2) is 9.49. The van der Waals surface area contributed by atoms with Crippen LogP contribution in [0.3, 0.4) is 0 Å². The number of hydrogen-bond donors (Lipinski definition) is 2. The third-order valence-electron chi connectivity index (χ3n) is 5.68. The van der Waals surface area contributed by atoms with Gasteiger partial charge in [-0.05, 0) is 36.8 Å². The summed E-state index contributed by atoms with van der Waals surface area (Å²) < 4.78 is 68.1. The fourth-order valence-corrected chi connectivity index (χ4v) is 4.14. The fraction of sp³-hybridized carbons (Fsp3) is 0.304. The van der Waals surface area contributed by atoms with E-state index in [1.807, 2.05) is 0 Å². The Labute approximate surface area is 206 Å². The van der Waals surface area contributed by atoms with Crippen molar-refractivity contribution in [2.75, 3.05) is 23.3 Å². The molecule has 13 heteroatoms. The number of aromatic nitrogens is 2. The van der Waals surface area contributed by atoms with E-state index in [-0.39, 0.29) is 59.7 Å². The molecule has 190 valence electrons. The maximum Gasteiger partial charge on any atom is 0.417 e. The highest BCUT2D eigenvalue weighted by Gasteiger charge is 2.36. The molecule has 0 radical (unpaired) electrons. The second-order valence-electron chi connectivity index (χ2n) is 8.31. The maximum atomic E-state index is 14.0. The zero-order valence-corrected chi connectivity index (χ0v) is 19.3. The van der Waals surface area contributed by atoms with Crippen LogP contribution in [0.4, 0.5) is 33.5 Å². The molecule has 1 aliphatic rings. The summed E-state index contributed by atoms with van der Waals surface area (Å²) in [6.45, 7) is -0.0999. The lowest BCUT2D eigenvalue weighted by molar-refractivity contribution is -0.137. The zero-order valence-electron chi connectivity index (χ0n) is 18.5. The Morgan fingerprint density at radius 2 is 1.78 bits per heavy atom. The Hall–Kier alpha value is -3.54. The van der Waals surface area contributed by atoms with Gasteiger partial charge in [0, 0.05) is 37.2 Å². The number of amides is 2. The van der Waals surface area contributed by atoms with Gasteiger partial charge in [0.1, 0.15) is 0 Å². The van der Waals surface area contributed by atoms with Gasteiger partial charge in [0.15, 0.2) is 11.5 Å². The van der Waals surface area contributed by atoms with Gasteiger partial charge in [-0.2, -0.15) is 13.2 Å². The summed E-state index contributed by atoms with van der Waals surface area (Å²) in [5.74, 6) is -4.60. The van der Waals surface area contributed by atoms with Gasteiger partial charge < -0.3 is 16.0 Å². The first-order chi connectivity index (χ1) is 16.8. The average molecular weight is 528 g/mol. The van der Waals surface area contributed by atoms with Crippen LogP contribution in [0.2, 0.25) is 5.02 Å². The molecule has 1 aliphatic heterocycles. The number of nitrogens with zero attached hydrogens (tertiary/aromatic N) is 3. The van der Waals surface area contributed by atoms with Gasteiger partial charge in [-0.3, -0.25) is 9.59 Å². The molecular formula is C23H19ClF5N5O2. The van der Waals surface area contributed by atoms with Crippen LogP contribution in [0.5, 0.6) is 0 Å². The second-order valence-corrected chi connectivity index (χ2v) is 8.72. The summed E-state index contributed by atoms with van der Waals surface area (Å²) >= 11 is 5.81. The molecule has 3 aromatic rings. The Morgan fingerprint density at radius 3 is 2.47 bits per heavy atom. The minimum atomic E-state index is -4.76. The lowest BCUT2D eigenvalue weighted by Crippen LogP contribution is -2.30. The first-order valence-electron chi connectivity index (χ1n) is 10.8. The number of benzene rings is 2. The number of nitrogens with one attached hydrogen (secondary N) is 1. The SMILES string of the molecule is NC(=O)c1cccc(NC(=O)c2nc3cc(Cl)c(C(F)(F)F)cc3nc2N2CCCC(F)(F)CC2)c1. The molecule has 4 rings (SSSR count). The lowest BCUT2D eigenvalue weighted by Gasteiger charge is -2.24. The monoisotopic (exact) mass is 527 g/mol. The van der Waals surface area contributed by atoms with Gasteiger partial charge in [-0.1, -0.05) is 17.7 Å². The third-order valence-corrected chi connectivity index (χ3v) is 5.99. The molecular weight excluding hydrogens is 509 g/mol. The molecule has 0 spiro atoms. The minimum absolute atomic E-state index is 0.0723. The van der Waals surface area contributed by atoms with Crippen LogP contribution < -0.4 is 16.0 Å². The zero-order chi connectivity index (χ0) is 26.3. The highest BCUT2D eigenvalue weighted by atomic mass is 35.5. The van der Waals surface area contributed by atoms with Crippen molar-refractivity contribution in [3.8, 4) is 0 Å². The molecule has 0 saturated carbocycles. The summed E-state index contributed by atoms with van der Waals surface area (Å²) in [6, 6.07) is 7.38. The van der Waals surface area contributed by atoms with Crippen molar-refractivity contribution < 1.29 is 31.5 Å². The summed E-state index contributed by atoms with van der Waals surface area (Å²) in [4.78, 5) is 34.5. The van der Waals surface area contributed by atoms with Gasteiger partial charge in [-0.25, -0.2) is 18.7 Å². The quantitative estimate of drug-likeness (QED) is 0.450. The first-order valence-corrected chi connectivity index (χ1v) is 11.1. The number of rotatable bonds is 4. The van der Waals surface area contributed by atoms with Crippen molar-refractivity contribution in [3.05, 3.63) is 58.2 Å². The Bertz CT molecular complexity index is 1350. The molecule has 2 aromatic carbocycles. The van der Waals surface area contributed by atoms with Crippen LogP contribution in [-0.4, -0.2) is 40.8 Å². The topological polar surface area (TPSA) is 101 Å². The van der Waals surface area contributed by atoms with E-state index in [2.05, 4.69) is 15.3 Å². The molecule has 1 fully saturated rings. The van der Waals surface area contributed by atoms with Gasteiger partial charge in [-0.15, -0.1) is 0 Å². The predicted octanol–water partition coefficient (Wildman–Crippen LogP) is 5.28. The maximum absolute atomic E-state index is 14.0. The largest absolute Gasteiger partial charge is 0.417 e. The highest BCUT2D eigenvalue weighted by molar-refractivity contribution is 6.32. The summed E-state index contributed by atoms with van der Waals surface area (Å²) in [5, 5.41) is 1.91. The molecule has 7 nitrogen and oxygen atoms in total. The van der Waals surface area contributed by atoms with Crippen molar-refractivity contribution in [2.45, 2.75) is 31.4 Å². The Morgan fingerprint density at radius 1 is 1.06 bits per heavy atom. The summed E-state index contributed by atoms with van der Waals surface area (Å²) in [6.07, 6.45) is -5.59. The molecule has 36 heavy (non-hydrogen) atoms. The normalized spacial score (nSPS) is 16.0. The molecule has 1 saturated heterocycles. The van der Waals surface area contributed by atoms with E-state index >= 15 is 0 Å². The van der Waals surface area contributed by atoms with E-state index in [0.29, 0.717) is 6.07 Å². The number of alkyl halides is 5. The molecule has 0 unspecified atom stereocenters. The molecule has 2 amide bonds. The smallest absolute Gasteiger partial charge is 0.366 e. The van der Waals surface area contributed by atoms with Gasteiger partial charge in [0.25, 0.3) is 5.91 Å². The highest BCUT2D eigenvalue weighted by Crippen LogP contribution is 2.37. The van der Waals surface area contributed by atoms with E-state index in [4.69, 9.17) is 17.3 Å². The number of primary amides is 1. The van der Waals surface area contributed by atoms with Crippen LogP contribution in [-0.2, 0) is 6.18 Å². The number of nitrogens with two attached hydrogens (primary N) is 1. The van der Waals surface area contributed by atoms with Crippen molar-refractivity contribution in [3.63, 3.8) is 0 Å². The van der Waals surface area contributed by atoms with Crippen LogP contribution in [0, 0.1) is 0 Å². The first kappa shape index (κ1) is 25.5. The standard InChI is InChI=1S/C23H19ClF5N5O2/c24-15-11-17-16(10-14(15)23(27,28)29)33-20(34-7-2-5-22(25,26)6-8-34)18(32-17)21(36)31-13-4-1-3-12(9-13)19(30)35/h1,3-4,9-11H,2,5-8H2,(H2,30,35)(H,31,36).